The maximum absolute atomic E-state index is 10.6. The molecule has 19 heavy (non-hydrogen) atoms. The Hall–Kier alpha value is -1.53. The molecule has 0 aromatic carbocycles. The van der Waals surface area contributed by atoms with Gasteiger partial charge in [0.25, 0.3) is 0 Å². The Bertz CT molecular complexity index is 469. The molecular weight excluding hydrogens is 236 g/mol. The van der Waals surface area contributed by atoms with Crippen molar-refractivity contribution in [1.82, 2.24) is 0 Å². The zero-order chi connectivity index (χ0) is 14.5. The zero-order valence-electron chi connectivity index (χ0n) is 12.7. The molecule has 0 aromatic rings. The lowest BCUT2D eigenvalue weighted by molar-refractivity contribution is -0.135. The quantitative estimate of drug-likeness (QED) is 0.418. The summed E-state index contributed by atoms with van der Waals surface area (Å²) in [7, 11) is 0. The van der Waals surface area contributed by atoms with Gasteiger partial charge in [-0.05, 0) is 49.7 Å². The van der Waals surface area contributed by atoms with Gasteiger partial charge >= 0.3 is 5.97 Å². The van der Waals surface area contributed by atoms with Crippen LogP contribution in [0.2, 0.25) is 0 Å². The van der Waals surface area contributed by atoms with E-state index in [-0.39, 0.29) is 11.4 Å². The number of allylic oxidation sites excluding steroid dienone is 5. The van der Waals surface area contributed by atoms with E-state index in [1.807, 2.05) is 6.92 Å². The molecule has 104 valence electrons. The molecular formula is C17H24O2. The van der Waals surface area contributed by atoms with Gasteiger partial charge in [-0.15, -0.1) is 0 Å². The van der Waals surface area contributed by atoms with Crippen molar-refractivity contribution in [2.24, 2.45) is 5.41 Å². The van der Waals surface area contributed by atoms with Crippen molar-refractivity contribution in [3.8, 4) is 0 Å². The first-order valence-electron chi connectivity index (χ1n) is 6.78. The van der Waals surface area contributed by atoms with Crippen LogP contribution in [0.1, 0.15) is 53.9 Å². The Kier molecular flexibility index (Phi) is 5.38. The molecule has 0 aromatic heterocycles. The van der Waals surface area contributed by atoms with E-state index in [4.69, 9.17) is 4.74 Å². The number of hydrogen-bond acceptors (Lipinski definition) is 2. The monoisotopic (exact) mass is 260 g/mol. The molecule has 0 spiro atoms. The van der Waals surface area contributed by atoms with Crippen molar-refractivity contribution >= 4 is 5.97 Å². The van der Waals surface area contributed by atoms with Gasteiger partial charge < -0.3 is 4.74 Å². The molecule has 1 rings (SSSR count). The van der Waals surface area contributed by atoms with E-state index in [2.05, 4.69) is 38.7 Å². The van der Waals surface area contributed by atoms with E-state index in [0.29, 0.717) is 0 Å². The van der Waals surface area contributed by atoms with Crippen LogP contribution in [0.25, 0.3) is 0 Å². The highest BCUT2D eigenvalue weighted by Crippen LogP contribution is 2.40. The van der Waals surface area contributed by atoms with E-state index in [1.165, 1.54) is 30.8 Å². The lowest BCUT2D eigenvalue weighted by atomic mass is 9.73. The summed E-state index contributed by atoms with van der Waals surface area (Å²) in [4.78, 5) is 10.6. The summed E-state index contributed by atoms with van der Waals surface area (Å²) in [6.07, 6.45) is 9.12. The lowest BCUT2D eigenvalue weighted by Gasteiger charge is -2.32. The first-order chi connectivity index (χ1) is 8.83. The summed E-state index contributed by atoms with van der Waals surface area (Å²) in [5, 5.41) is 0. The lowest BCUT2D eigenvalue weighted by Crippen LogP contribution is -2.18. The molecule has 0 saturated carbocycles. The van der Waals surface area contributed by atoms with Crippen LogP contribution >= 0.6 is 0 Å². The summed E-state index contributed by atoms with van der Waals surface area (Å²) in [5.74, 6) is -0.314. The Morgan fingerprint density at radius 2 is 2.16 bits per heavy atom. The molecule has 0 fully saturated rings. The van der Waals surface area contributed by atoms with Gasteiger partial charge in [0.15, 0.2) is 0 Å². The molecule has 2 nitrogen and oxygen atoms in total. The summed E-state index contributed by atoms with van der Waals surface area (Å²) < 4.78 is 4.74. The predicted molar refractivity (Wildman–Crippen MR) is 78.5 cm³/mol. The topological polar surface area (TPSA) is 26.3 Å². The van der Waals surface area contributed by atoms with Crippen LogP contribution in [-0.2, 0) is 9.53 Å². The first-order valence-corrected chi connectivity index (χ1v) is 6.78. The Balaban J connectivity index is 2.80. The van der Waals surface area contributed by atoms with Crippen LogP contribution in [0, 0.1) is 5.41 Å². The second-order valence-electron chi connectivity index (χ2n) is 5.78. The normalized spacial score (nSPS) is 19.4. The first kappa shape index (κ1) is 15.5. The second kappa shape index (κ2) is 6.58. The van der Waals surface area contributed by atoms with Crippen molar-refractivity contribution in [2.75, 3.05) is 0 Å². The molecule has 0 heterocycles. The van der Waals surface area contributed by atoms with Gasteiger partial charge in [0, 0.05) is 6.92 Å². The smallest absolute Gasteiger partial charge is 0.308 e. The standard InChI is InChI=1S/C17H24O2/c1-13(10-12-19-15(3)18)8-9-16-14(2)7-6-11-17(16,4)5/h7,9,12H,6,8,11H2,1-5H3. The van der Waals surface area contributed by atoms with Crippen LogP contribution < -0.4 is 0 Å². The largest absolute Gasteiger partial charge is 0.426 e. The zero-order valence-corrected chi connectivity index (χ0v) is 12.7. The molecule has 2 heteroatoms. The van der Waals surface area contributed by atoms with Gasteiger partial charge in [-0.25, -0.2) is 0 Å². The maximum Gasteiger partial charge on any atom is 0.308 e. The van der Waals surface area contributed by atoms with Crippen molar-refractivity contribution in [3.05, 3.63) is 40.9 Å². The molecule has 1 aliphatic rings. The SMILES string of the molecule is CC(=O)OC=C=C(C)CC=C1C(C)=CCCC1(C)C. The van der Waals surface area contributed by atoms with Gasteiger partial charge in [-0.2, -0.15) is 0 Å². The average Bonchev–Trinajstić information content (AvgIpc) is 2.26. The molecule has 0 atom stereocenters. The summed E-state index contributed by atoms with van der Waals surface area (Å²) in [6, 6.07) is 0. The van der Waals surface area contributed by atoms with E-state index >= 15 is 0 Å². The van der Waals surface area contributed by atoms with Crippen LogP contribution in [0.5, 0.6) is 0 Å². The van der Waals surface area contributed by atoms with Gasteiger partial charge in [0.05, 0.1) is 0 Å². The predicted octanol–water partition coefficient (Wildman–Crippen LogP) is 4.69. The summed E-state index contributed by atoms with van der Waals surface area (Å²) >= 11 is 0. The van der Waals surface area contributed by atoms with Gasteiger partial charge in [0.1, 0.15) is 6.26 Å². The Morgan fingerprint density at radius 3 is 2.74 bits per heavy atom. The van der Waals surface area contributed by atoms with E-state index in [9.17, 15) is 4.79 Å². The fraction of sp³-hybridized carbons (Fsp3) is 0.529. The van der Waals surface area contributed by atoms with Gasteiger partial charge in [0.2, 0.25) is 0 Å². The highest BCUT2D eigenvalue weighted by molar-refractivity contribution is 5.66. The molecule has 0 amide bonds. The van der Waals surface area contributed by atoms with Crippen LogP contribution in [0.3, 0.4) is 0 Å². The average molecular weight is 260 g/mol. The molecule has 0 aliphatic heterocycles. The van der Waals surface area contributed by atoms with Crippen LogP contribution in [0.15, 0.2) is 40.9 Å². The third-order valence-electron chi connectivity index (χ3n) is 3.52. The number of hydrogen-bond donors (Lipinski definition) is 0. The number of esters is 1. The van der Waals surface area contributed by atoms with Crippen LogP contribution in [0.4, 0.5) is 0 Å². The minimum absolute atomic E-state index is 0.249. The minimum atomic E-state index is -0.314. The Labute approximate surface area is 116 Å². The van der Waals surface area contributed by atoms with Crippen molar-refractivity contribution in [2.45, 2.75) is 53.9 Å². The maximum atomic E-state index is 10.6. The third kappa shape index (κ3) is 4.92. The number of carbonyl (C=O) groups excluding carboxylic acids is 1. The number of ether oxygens (including phenoxy) is 1. The second-order valence-corrected chi connectivity index (χ2v) is 5.78. The fourth-order valence-corrected chi connectivity index (χ4v) is 2.39. The highest BCUT2D eigenvalue weighted by Gasteiger charge is 2.26. The molecule has 0 unspecified atom stereocenters. The van der Waals surface area contributed by atoms with E-state index < -0.39 is 0 Å². The summed E-state index contributed by atoms with van der Waals surface area (Å²) in [6.45, 7) is 10.1. The van der Waals surface area contributed by atoms with Crippen molar-refractivity contribution < 1.29 is 9.53 Å². The van der Waals surface area contributed by atoms with E-state index in [0.717, 1.165) is 18.4 Å². The minimum Gasteiger partial charge on any atom is -0.426 e. The Morgan fingerprint density at radius 1 is 1.47 bits per heavy atom. The molecule has 0 N–H and O–H groups in total. The van der Waals surface area contributed by atoms with E-state index in [1.54, 1.807) is 0 Å². The third-order valence-corrected chi connectivity index (χ3v) is 3.52. The molecule has 1 aliphatic carbocycles. The highest BCUT2D eigenvalue weighted by atomic mass is 16.5. The van der Waals surface area contributed by atoms with Crippen LogP contribution in [-0.4, -0.2) is 5.97 Å². The molecule has 0 radical (unpaired) electrons. The fourth-order valence-electron chi connectivity index (χ4n) is 2.39. The number of rotatable bonds is 3. The number of carbonyl (C=O) groups is 1. The van der Waals surface area contributed by atoms with Gasteiger partial charge in [-0.3, -0.25) is 4.79 Å². The van der Waals surface area contributed by atoms with Crippen molar-refractivity contribution in [1.29, 1.82) is 0 Å². The summed E-state index contributed by atoms with van der Waals surface area (Å²) in [5.41, 5.74) is 7.09. The van der Waals surface area contributed by atoms with Crippen molar-refractivity contribution in [3.63, 3.8) is 0 Å². The molecule has 0 bridgehead atoms. The van der Waals surface area contributed by atoms with Gasteiger partial charge in [-0.1, -0.05) is 37.3 Å². The molecule has 0 saturated heterocycles.